The molecule has 5 nitrogen and oxygen atoms in total. The number of unbranched alkanes of at least 4 members (excludes halogenated alkanes) is 8. The van der Waals surface area contributed by atoms with E-state index < -0.39 is 5.91 Å². The van der Waals surface area contributed by atoms with Crippen LogP contribution in [0, 0.1) is 5.92 Å². The average molecular weight is 398 g/mol. The Labute approximate surface area is 174 Å². The van der Waals surface area contributed by atoms with Gasteiger partial charge in [-0.05, 0) is 32.4 Å². The Balaban J connectivity index is 4.24. The van der Waals surface area contributed by atoms with Crippen LogP contribution >= 0.6 is 0 Å². The molecule has 1 unspecified atom stereocenters. The van der Waals surface area contributed by atoms with Gasteiger partial charge in [0, 0.05) is 6.54 Å². The molecular formula is C23H47N3O2. The Hall–Kier alpha value is -1.10. The number of rotatable bonds is 19. The molecule has 0 aliphatic heterocycles. The largest absolute Gasteiger partial charge is 0.368 e. The zero-order valence-electron chi connectivity index (χ0n) is 19.2. The summed E-state index contributed by atoms with van der Waals surface area (Å²) in [4.78, 5) is 27.9. The number of hydrogen-bond donors (Lipinski definition) is 1. The van der Waals surface area contributed by atoms with Gasteiger partial charge < -0.3 is 10.6 Å². The lowest BCUT2D eigenvalue weighted by Gasteiger charge is -2.28. The summed E-state index contributed by atoms with van der Waals surface area (Å²) in [6.07, 6.45) is 14.8. The van der Waals surface area contributed by atoms with Crippen molar-refractivity contribution in [1.29, 1.82) is 0 Å². The summed E-state index contributed by atoms with van der Waals surface area (Å²) in [7, 11) is 2.00. The van der Waals surface area contributed by atoms with Gasteiger partial charge in [-0.3, -0.25) is 14.5 Å². The number of nitrogens with two attached hydrogens (primary N) is 1. The van der Waals surface area contributed by atoms with Gasteiger partial charge in [-0.25, -0.2) is 0 Å². The number of nitrogens with zero attached hydrogens (tertiary/aromatic N) is 2. The molecule has 0 saturated heterocycles. The molecule has 0 spiro atoms. The van der Waals surface area contributed by atoms with Crippen LogP contribution in [0.25, 0.3) is 0 Å². The second-order valence-electron chi connectivity index (χ2n) is 8.37. The Bertz CT molecular complexity index is 401. The van der Waals surface area contributed by atoms with E-state index in [1.165, 1.54) is 44.9 Å². The maximum absolute atomic E-state index is 12.7. The van der Waals surface area contributed by atoms with Crippen molar-refractivity contribution >= 4 is 11.8 Å². The molecule has 0 bridgehead atoms. The number of primary amides is 1. The first-order chi connectivity index (χ1) is 13.4. The highest BCUT2D eigenvalue weighted by molar-refractivity contribution is 5.84. The third-order valence-corrected chi connectivity index (χ3v) is 5.52. The maximum atomic E-state index is 12.7. The summed E-state index contributed by atoms with van der Waals surface area (Å²) < 4.78 is 0. The first-order valence-corrected chi connectivity index (χ1v) is 11.7. The Morgan fingerprint density at radius 2 is 1.39 bits per heavy atom. The number of carbonyl (C=O) groups excluding carboxylic acids is 2. The fourth-order valence-electron chi connectivity index (χ4n) is 3.60. The third kappa shape index (κ3) is 14.9. The van der Waals surface area contributed by atoms with Crippen molar-refractivity contribution < 1.29 is 9.59 Å². The molecule has 0 aromatic heterocycles. The highest BCUT2D eigenvalue weighted by Gasteiger charge is 2.20. The molecule has 0 saturated carbocycles. The normalized spacial score (nSPS) is 12.3. The standard InChI is InChI=1S/C23H47N3O2/c1-5-8-10-11-12-13-14-15-17-25(4)20-23(28)26(19-22(24)27)18-21(7-3)16-9-6-2/h21H,5-20H2,1-4H3,(H2,24,27). The maximum Gasteiger partial charge on any atom is 0.237 e. The zero-order chi connectivity index (χ0) is 21.2. The number of carbonyl (C=O) groups is 2. The van der Waals surface area contributed by atoms with Crippen molar-refractivity contribution in [3.63, 3.8) is 0 Å². The summed E-state index contributed by atoms with van der Waals surface area (Å²) in [6.45, 7) is 8.55. The summed E-state index contributed by atoms with van der Waals surface area (Å²) in [5.41, 5.74) is 5.39. The molecule has 0 radical (unpaired) electrons. The van der Waals surface area contributed by atoms with E-state index in [2.05, 4.69) is 25.7 Å². The minimum absolute atomic E-state index is 0.0239. The van der Waals surface area contributed by atoms with Crippen LogP contribution in [0.4, 0.5) is 0 Å². The molecule has 2 amide bonds. The predicted molar refractivity (Wildman–Crippen MR) is 119 cm³/mol. The predicted octanol–water partition coefficient (Wildman–Crippen LogP) is 4.59. The van der Waals surface area contributed by atoms with Crippen LogP contribution in [0.3, 0.4) is 0 Å². The monoisotopic (exact) mass is 397 g/mol. The minimum Gasteiger partial charge on any atom is -0.368 e. The molecule has 0 rings (SSSR count). The highest BCUT2D eigenvalue weighted by Crippen LogP contribution is 2.15. The van der Waals surface area contributed by atoms with Gasteiger partial charge in [0.2, 0.25) is 11.8 Å². The van der Waals surface area contributed by atoms with Gasteiger partial charge in [0.15, 0.2) is 0 Å². The first-order valence-electron chi connectivity index (χ1n) is 11.7. The molecular weight excluding hydrogens is 350 g/mol. The minimum atomic E-state index is -0.426. The van der Waals surface area contributed by atoms with E-state index in [1.54, 1.807) is 4.90 Å². The molecule has 0 aromatic carbocycles. The van der Waals surface area contributed by atoms with Crippen LogP contribution in [-0.2, 0) is 9.59 Å². The first kappa shape index (κ1) is 26.9. The van der Waals surface area contributed by atoms with Gasteiger partial charge in [-0.2, -0.15) is 0 Å². The molecule has 0 heterocycles. The molecule has 0 aliphatic carbocycles. The van der Waals surface area contributed by atoms with E-state index in [-0.39, 0.29) is 12.5 Å². The van der Waals surface area contributed by atoms with Crippen LogP contribution in [0.2, 0.25) is 0 Å². The molecule has 2 N–H and O–H groups in total. The lowest BCUT2D eigenvalue weighted by Crippen LogP contribution is -2.45. The van der Waals surface area contributed by atoms with Crippen LogP contribution in [0.15, 0.2) is 0 Å². The van der Waals surface area contributed by atoms with Crippen molar-refractivity contribution in [3.05, 3.63) is 0 Å². The van der Waals surface area contributed by atoms with Gasteiger partial charge >= 0.3 is 0 Å². The van der Waals surface area contributed by atoms with E-state index >= 15 is 0 Å². The molecule has 1 atom stereocenters. The zero-order valence-corrected chi connectivity index (χ0v) is 19.2. The van der Waals surface area contributed by atoms with Crippen molar-refractivity contribution in [2.45, 2.75) is 97.8 Å². The van der Waals surface area contributed by atoms with Gasteiger partial charge in [0.25, 0.3) is 0 Å². The SMILES string of the molecule is CCCCCCCCCCN(C)CC(=O)N(CC(N)=O)CC(CC)CCCC. The number of likely N-dealkylation sites (N-methyl/N-ethyl adjacent to an activating group) is 1. The molecule has 28 heavy (non-hydrogen) atoms. The summed E-state index contributed by atoms with van der Waals surface area (Å²) in [5.74, 6) is 0.0431. The van der Waals surface area contributed by atoms with E-state index in [1.807, 2.05) is 7.05 Å². The lowest BCUT2D eigenvalue weighted by molar-refractivity contribution is -0.136. The van der Waals surface area contributed by atoms with Crippen LogP contribution < -0.4 is 5.73 Å². The molecule has 166 valence electrons. The van der Waals surface area contributed by atoms with Gasteiger partial charge in [0.1, 0.15) is 0 Å². The highest BCUT2D eigenvalue weighted by atomic mass is 16.2. The van der Waals surface area contributed by atoms with Crippen LogP contribution in [-0.4, -0.2) is 54.8 Å². The fourth-order valence-corrected chi connectivity index (χ4v) is 3.60. The molecule has 0 aliphatic rings. The quantitative estimate of drug-likeness (QED) is 0.324. The van der Waals surface area contributed by atoms with Crippen molar-refractivity contribution in [2.24, 2.45) is 11.7 Å². The third-order valence-electron chi connectivity index (χ3n) is 5.52. The Morgan fingerprint density at radius 1 is 0.821 bits per heavy atom. The van der Waals surface area contributed by atoms with Crippen molar-refractivity contribution in [3.8, 4) is 0 Å². The molecule has 5 heteroatoms. The van der Waals surface area contributed by atoms with Gasteiger partial charge in [0.05, 0.1) is 13.1 Å². The number of amides is 2. The summed E-state index contributed by atoms with van der Waals surface area (Å²) in [6, 6.07) is 0. The average Bonchev–Trinajstić information content (AvgIpc) is 2.65. The second-order valence-corrected chi connectivity index (χ2v) is 8.37. The smallest absolute Gasteiger partial charge is 0.237 e. The second kappa shape index (κ2) is 18.0. The molecule has 0 fully saturated rings. The number of hydrogen-bond acceptors (Lipinski definition) is 3. The van der Waals surface area contributed by atoms with Gasteiger partial charge in [-0.15, -0.1) is 0 Å². The lowest BCUT2D eigenvalue weighted by atomic mass is 9.98. The van der Waals surface area contributed by atoms with Gasteiger partial charge in [-0.1, -0.05) is 85.0 Å². The Morgan fingerprint density at radius 3 is 1.93 bits per heavy atom. The van der Waals surface area contributed by atoms with Crippen LogP contribution in [0.1, 0.15) is 97.8 Å². The molecule has 0 aromatic rings. The van der Waals surface area contributed by atoms with E-state index in [0.29, 0.717) is 19.0 Å². The topological polar surface area (TPSA) is 66.6 Å². The van der Waals surface area contributed by atoms with Crippen molar-refractivity contribution in [2.75, 3.05) is 33.2 Å². The van der Waals surface area contributed by atoms with E-state index in [9.17, 15) is 9.59 Å². The van der Waals surface area contributed by atoms with E-state index in [4.69, 9.17) is 5.73 Å². The van der Waals surface area contributed by atoms with Crippen LogP contribution in [0.5, 0.6) is 0 Å². The van der Waals surface area contributed by atoms with Crippen molar-refractivity contribution in [1.82, 2.24) is 9.80 Å². The summed E-state index contributed by atoms with van der Waals surface area (Å²) >= 11 is 0. The Kier molecular flexibility index (Phi) is 17.3. The summed E-state index contributed by atoms with van der Waals surface area (Å²) in [5, 5.41) is 0. The fraction of sp³-hybridized carbons (Fsp3) is 0.913. The van der Waals surface area contributed by atoms with E-state index in [0.717, 1.165) is 38.6 Å².